The van der Waals surface area contributed by atoms with Crippen LogP contribution >= 0.6 is 0 Å². The van der Waals surface area contributed by atoms with E-state index in [2.05, 4.69) is 14.9 Å². The number of rotatable bonds is 3. The molecule has 7 heteroatoms. The molecule has 0 spiro atoms. The van der Waals surface area contributed by atoms with Gasteiger partial charge in [0, 0.05) is 50.8 Å². The molecule has 0 bridgehead atoms. The zero-order valence-electron chi connectivity index (χ0n) is 15.3. The fraction of sp³-hybridized carbons (Fsp3) is 0.550. The average Bonchev–Trinajstić information content (AvgIpc) is 2.68. The van der Waals surface area contributed by atoms with Gasteiger partial charge in [0.25, 0.3) is 5.92 Å². The second-order valence-electron chi connectivity index (χ2n) is 7.59. The molecule has 3 heterocycles. The zero-order chi connectivity index (χ0) is 18.9. The SMILES string of the molecule is O=C(CC1CCN(c2ncnc3ccccc23)CC1)N1CCC(F)(F)CC1. The number of halogens is 2. The highest BCUT2D eigenvalue weighted by Gasteiger charge is 2.36. The number of carbonyl (C=O) groups excluding carboxylic acids is 1. The summed E-state index contributed by atoms with van der Waals surface area (Å²) in [7, 11) is 0. The number of piperidine rings is 2. The molecule has 2 fully saturated rings. The van der Waals surface area contributed by atoms with E-state index in [1.54, 1.807) is 11.2 Å². The first-order valence-electron chi connectivity index (χ1n) is 9.62. The summed E-state index contributed by atoms with van der Waals surface area (Å²) >= 11 is 0. The molecule has 0 aliphatic carbocycles. The van der Waals surface area contributed by atoms with E-state index in [1.165, 1.54) is 0 Å². The molecule has 0 unspecified atom stereocenters. The minimum Gasteiger partial charge on any atom is -0.356 e. The molecular weight excluding hydrogens is 350 g/mol. The largest absolute Gasteiger partial charge is 0.356 e. The van der Waals surface area contributed by atoms with Crippen LogP contribution in [-0.4, -0.2) is 52.9 Å². The van der Waals surface area contributed by atoms with Crippen LogP contribution in [0.15, 0.2) is 30.6 Å². The summed E-state index contributed by atoms with van der Waals surface area (Å²) in [4.78, 5) is 25.1. The molecule has 2 aromatic rings. The average molecular weight is 374 g/mol. The van der Waals surface area contributed by atoms with E-state index >= 15 is 0 Å². The Hall–Kier alpha value is -2.31. The van der Waals surface area contributed by atoms with Crippen molar-refractivity contribution in [3.63, 3.8) is 0 Å². The lowest BCUT2D eigenvalue weighted by Gasteiger charge is -2.35. The normalized spacial score (nSPS) is 20.8. The highest BCUT2D eigenvalue weighted by molar-refractivity contribution is 5.89. The Bertz CT molecular complexity index is 805. The predicted molar refractivity (Wildman–Crippen MR) is 99.9 cm³/mol. The third kappa shape index (κ3) is 4.01. The van der Waals surface area contributed by atoms with Crippen molar-refractivity contribution < 1.29 is 13.6 Å². The number of hydrogen-bond acceptors (Lipinski definition) is 4. The van der Waals surface area contributed by atoms with Crippen molar-refractivity contribution in [3.05, 3.63) is 30.6 Å². The minimum absolute atomic E-state index is 0.0245. The van der Waals surface area contributed by atoms with Crippen molar-refractivity contribution in [2.45, 2.75) is 38.0 Å². The summed E-state index contributed by atoms with van der Waals surface area (Å²) < 4.78 is 26.5. The Balaban J connectivity index is 1.33. The van der Waals surface area contributed by atoms with Crippen LogP contribution in [0.1, 0.15) is 32.1 Å². The highest BCUT2D eigenvalue weighted by Crippen LogP contribution is 2.31. The number of benzene rings is 1. The number of hydrogen-bond donors (Lipinski definition) is 0. The minimum atomic E-state index is -2.61. The van der Waals surface area contributed by atoms with Gasteiger partial charge in [0.05, 0.1) is 5.52 Å². The number of alkyl halides is 2. The molecule has 1 aromatic carbocycles. The second-order valence-corrected chi connectivity index (χ2v) is 7.59. The van der Waals surface area contributed by atoms with Crippen molar-refractivity contribution >= 4 is 22.6 Å². The van der Waals surface area contributed by atoms with Gasteiger partial charge in [-0.15, -0.1) is 0 Å². The summed E-state index contributed by atoms with van der Waals surface area (Å²) in [5, 5.41) is 1.05. The molecule has 0 radical (unpaired) electrons. The lowest BCUT2D eigenvalue weighted by atomic mass is 9.92. The van der Waals surface area contributed by atoms with Gasteiger partial charge < -0.3 is 9.80 Å². The third-order valence-electron chi connectivity index (χ3n) is 5.75. The molecule has 1 aromatic heterocycles. The van der Waals surface area contributed by atoms with Gasteiger partial charge in [0.2, 0.25) is 5.91 Å². The molecule has 4 rings (SSSR count). The van der Waals surface area contributed by atoms with Crippen molar-refractivity contribution in [1.82, 2.24) is 14.9 Å². The Kier molecular flexibility index (Phi) is 4.93. The van der Waals surface area contributed by atoms with Crippen LogP contribution in [0.25, 0.3) is 10.9 Å². The first-order chi connectivity index (χ1) is 13.0. The maximum absolute atomic E-state index is 13.3. The number of aromatic nitrogens is 2. The lowest BCUT2D eigenvalue weighted by molar-refractivity contribution is -0.138. The van der Waals surface area contributed by atoms with Crippen LogP contribution in [0.2, 0.25) is 0 Å². The first-order valence-corrected chi connectivity index (χ1v) is 9.62. The number of carbonyl (C=O) groups is 1. The van der Waals surface area contributed by atoms with Gasteiger partial charge in [-0.3, -0.25) is 4.79 Å². The molecule has 2 saturated heterocycles. The summed E-state index contributed by atoms with van der Waals surface area (Å²) in [6.45, 7) is 2.04. The van der Waals surface area contributed by atoms with Crippen molar-refractivity contribution in [3.8, 4) is 0 Å². The topological polar surface area (TPSA) is 49.3 Å². The Morgan fingerprint density at radius 3 is 2.52 bits per heavy atom. The van der Waals surface area contributed by atoms with Crippen LogP contribution < -0.4 is 4.90 Å². The number of amides is 1. The maximum Gasteiger partial charge on any atom is 0.251 e. The van der Waals surface area contributed by atoms with Gasteiger partial charge in [0.15, 0.2) is 0 Å². The van der Waals surface area contributed by atoms with Gasteiger partial charge in [-0.05, 0) is 30.9 Å². The fourth-order valence-electron chi connectivity index (χ4n) is 4.05. The lowest BCUT2D eigenvalue weighted by Crippen LogP contribution is -2.44. The second kappa shape index (κ2) is 7.37. The van der Waals surface area contributed by atoms with Crippen LogP contribution in [-0.2, 0) is 4.79 Å². The molecule has 1 amide bonds. The Morgan fingerprint density at radius 2 is 1.78 bits per heavy atom. The van der Waals surface area contributed by atoms with Crippen molar-refractivity contribution in [2.24, 2.45) is 5.92 Å². The standard InChI is InChI=1S/C20H24F2N4O/c21-20(22)7-11-25(12-8-20)18(27)13-15-5-9-26(10-6-15)19-16-3-1-2-4-17(16)23-14-24-19/h1-4,14-15H,5-13H2. The zero-order valence-corrected chi connectivity index (χ0v) is 15.3. The van der Waals surface area contributed by atoms with Crippen LogP contribution in [0.3, 0.4) is 0 Å². The smallest absolute Gasteiger partial charge is 0.251 e. The molecule has 5 nitrogen and oxygen atoms in total. The van der Waals surface area contributed by atoms with Crippen LogP contribution in [0.5, 0.6) is 0 Å². The fourth-order valence-corrected chi connectivity index (χ4v) is 4.05. The van der Waals surface area contributed by atoms with E-state index < -0.39 is 5.92 Å². The quantitative estimate of drug-likeness (QED) is 0.825. The van der Waals surface area contributed by atoms with Gasteiger partial charge in [-0.1, -0.05) is 12.1 Å². The monoisotopic (exact) mass is 374 g/mol. The van der Waals surface area contributed by atoms with E-state index in [9.17, 15) is 13.6 Å². The highest BCUT2D eigenvalue weighted by atomic mass is 19.3. The molecule has 2 aliphatic rings. The summed E-state index contributed by atoms with van der Waals surface area (Å²) in [5.41, 5.74) is 0.932. The Labute approximate surface area is 157 Å². The summed E-state index contributed by atoms with van der Waals surface area (Å²) in [5.74, 6) is -1.33. The molecule has 0 atom stereocenters. The Morgan fingerprint density at radius 1 is 1.07 bits per heavy atom. The van der Waals surface area contributed by atoms with E-state index in [1.807, 2.05) is 24.3 Å². The van der Waals surface area contributed by atoms with E-state index in [0.717, 1.165) is 42.7 Å². The van der Waals surface area contributed by atoms with E-state index in [0.29, 0.717) is 12.3 Å². The number of nitrogens with zero attached hydrogens (tertiary/aromatic N) is 4. The molecule has 0 N–H and O–H groups in total. The third-order valence-corrected chi connectivity index (χ3v) is 5.75. The number of likely N-dealkylation sites (tertiary alicyclic amines) is 1. The summed E-state index contributed by atoms with van der Waals surface area (Å²) in [6, 6.07) is 7.97. The molecular formula is C20H24F2N4O. The van der Waals surface area contributed by atoms with E-state index in [4.69, 9.17) is 0 Å². The maximum atomic E-state index is 13.3. The van der Waals surface area contributed by atoms with Gasteiger partial charge in [-0.2, -0.15) is 0 Å². The van der Waals surface area contributed by atoms with Gasteiger partial charge in [-0.25, -0.2) is 18.7 Å². The van der Waals surface area contributed by atoms with Crippen molar-refractivity contribution in [1.29, 1.82) is 0 Å². The van der Waals surface area contributed by atoms with Crippen molar-refractivity contribution in [2.75, 3.05) is 31.1 Å². The predicted octanol–water partition coefficient (Wildman–Crippen LogP) is 3.49. The first kappa shape index (κ1) is 18.1. The number of fused-ring (bicyclic) bond motifs is 1. The number of para-hydroxylation sites is 1. The van der Waals surface area contributed by atoms with E-state index in [-0.39, 0.29) is 31.8 Å². The molecule has 27 heavy (non-hydrogen) atoms. The molecule has 144 valence electrons. The molecule has 2 aliphatic heterocycles. The van der Waals surface area contributed by atoms with Crippen LogP contribution in [0, 0.1) is 5.92 Å². The van der Waals surface area contributed by atoms with Crippen LogP contribution in [0.4, 0.5) is 14.6 Å². The molecule has 0 saturated carbocycles. The van der Waals surface area contributed by atoms with Gasteiger partial charge in [0.1, 0.15) is 12.1 Å². The number of anilines is 1. The summed E-state index contributed by atoms with van der Waals surface area (Å²) in [6.07, 6.45) is 3.46. The van der Waals surface area contributed by atoms with Gasteiger partial charge >= 0.3 is 0 Å².